The van der Waals surface area contributed by atoms with Crippen molar-refractivity contribution in [3.8, 4) is 11.5 Å². The summed E-state index contributed by atoms with van der Waals surface area (Å²) in [7, 11) is 1.57. The Balaban J connectivity index is 2.23. The van der Waals surface area contributed by atoms with Gasteiger partial charge in [0.2, 0.25) is 0 Å². The zero-order chi connectivity index (χ0) is 19.6. The van der Waals surface area contributed by atoms with E-state index in [4.69, 9.17) is 15.3 Å². The largest absolute Gasteiger partial charge is 0.493 e. The maximum absolute atomic E-state index is 12.2. The van der Waals surface area contributed by atoms with Crippen LogP contribution in [0.15, 0.2) is 64.5 Å². The van der Waals surface area contributed by atoms with Crippen molar-refractivity contribution in [3.63, 3.8) is 0 Å². The molecule has 0 radical (unpaired) electrons. The lowest BCUT2D eigenvalue weighted by atomic mass is 10.2. The summed E-state index contributed by atoms with van der Waals surface area (Å²) in [5.41, 5.74) is 4.09. The van der Waals surface area contributed by atoms with E-state index in [1.165, 1.54) is 11.8 Å². The lowest BCUT2D eigenvalue weighted by Gasteiger charge is -2.11. The summed E-state index contributed by atoms with van der Waals surface area (Å²) in [6.07, 6.45) is 3.43. The molecule has 0 saturated heterocycles. The molecule has 0 aromatic heterocycles. The van der Waals surface area contributed by atoms with Crippen LogP contribution in [0.3, 0.4) is 0 Å². The molecule has 3 N–H and O–H groups in total. The number of thioether (sulfide) groups is 1. The summed E-state index contributed by atoms with van der Waals surface area (Å²) >= 11 is 4.86. The summed E-state index contributed by atoms with van der Waals surface area (Å²) in [5, 5.41) is 0. The Morgan fingerprint density at radius 1 is 1.30 bits per heavy atom. The second kappa shape index (κ2) is 10.8. The maximum Gasteiger partial charge on any atom is 0.271 e. The van der Waals surface area contributed by atoms with Gasteiger partial charge in [-0.25, -0.2) is 5.84 Å². The van der Waals surface area contributed by atoms with Crippen LogP contribution in [0.2, 0.25) is 0 Å². The van der Waals surface area contributed by atoms with Gasteiger partial charge in [-0.1, -0.05) is 46.8 Å². The smallest absolute Gasteiger partial charge is 0.271 e. The van der Waals surface area contributed by atoms with Gasteiger partial charge in [0.15, 0.2) is 11.5 Å². The molecule has 2 aromatic rings. The molecular weight excluding hydrogens is 428 g/mol. The Kier molecular flexibility index (Phi) is 8.44. The molecule has 0 heterocycles. The highest BCUT2D eigenvalue weighted by atomic mass is 79.9. The summed E-state index contributed by atoms with van der Waals surface area (Å²) in [6, 6.07) is 13.4. The van der Waals surface area contributed by atoms with Crippen molar-refractivity contribution in [1.82, 2.24) is 5.43 Å². The molecule has 0 unspecified atom stereocenters. The average Bonchev–Trinajstić information content (AvgIpc) is 2.69. The Morgan fingerprint density at radius 2 is 2.11 bits per heavy atom. The number of halogens is 1. The van der Waals surface area contributed by atoms with Crippen LogP contribution in [0.5, 0.6) is 11.5 Å². The van der Waals surface area contributed by atoms with Crippen LogP contribution in [0.4, 0.5) is 0 Å². The molecule has 0 aliphatic rings. The van der Waals surface area contributed by atoms with Gasteiger partial charge in [-0.15, -0.1) is 11.8 Å². The molecule has 0 spiro atoms. The highest BCUT2D eigenvalue weighted by Gasteiger charge is 2.11. The molecule has 142 valence electrons. The monoisotopic (exact) mass is 448 g/mol. The predicted octanol–water partition coefficient (Wildman–Crippen LogP) is 4.29. The first-order valence-electron chi connectivity index (χ1n) is 8.09. The van der Waals surface area contributed by atoms with Crippen LogP contribution >= 0.6 is 27.7 Å². The van der Waals surface area contributed by atoms with E-state index in [-0.39, 0.29) is 5.91 Å². The van der Waals surface area contributed by atoms with E-state index >= 15 is 0 Å². The Bertz CT molecular complexity index is 840. The van der Waals surface area contributed by atoms with Crippen molar-refractivity contribution in [2.24, 2.45) is 5.84 Å². The number of amides is 1. The van der Waals surface area contributed by atoms with E-state index in [1.54, 1.807) is 25.3 Å². The van der Waals surface area contributed by atoms with Gasteiger partial charge in [0, 0.05) is 10.2 Å². The lowest BCUT2D eigenvalue weighted by molar-refractivity contribution is -0.116. The number of benzene rings is 2. The van der Waals surface area contributed by atoms with Crippen molar-refractivity contribution in [2.45, 2.75) is 5.75 Å². The molecule has 2 aromatic carbocycles. The van der Waals surface area contributed by atoms with Crippen LogP contribution < -0.4 is 20.7 Å². The Labute approximate surface area is 171 Å². The molecule has 1 amide bonds. The molecule has 2 rings (SSSR count). The van der Waals surface area contributed by atoms with Crippen molar-refractivity contribution < 1.29 is 14.3 Å². The normalized spacial score (nSPS) is 11.0. The second-order valence-corrected chi connectivity index (χ2v) is 7.34. The third-order valence-corrected chi connectivity index (χ3v) is 5.07. The number of hydrogen-bond acceptors (Lipinski definition) is 5. The Morgan fingerprint density at radius 3 is 2.78 bits per heavy atom. The predicted molar refractivity (Wildman–Crippen MR) is 114 cm³/mol. The minimum atomic E-state index is -0.346. The van der Waals surface area contributed by atoms with Crippen LogP contribution in [-0.2, 0) is 10.5 Å². The summed E-state index contributed by atoms with van der Waals surface area (Å²) < 4.78 is 11.9. The van der Waals surface area contributed by atoms with Crippen LogP contribution in [0, 0.1) is 0 Å². The first kappa shape index (κ1) is 21.1. The molecular formula is C20H21BrN2O3S. The fourth-order valence-electron chi connectivity index (χ4n) is 2.23. The van der Waals surface area contributed by atoms with Crippen LogP contribution in [0.25, 0.3) is 6.08 Å². The van der Waals surface area contributed by atoms with Crippen LogP contribution in [0.1, 0.15) is 11.1 Å². The summed E-state index contributed by atoms with van der Waals surface area (Å²) in [6.45, 7) is 4.01. The van der Waals surface area contributed by atoms with E-state index < -0.39 is 0 Å². The van der Waals surface area contributed by atoms with E-state index in [0.717, 1.165) is 15.6 Å². The van der Waals surface area contributed by atoms with Crippen molar-refractivity contribution in [1.29, 1.82) is 0 Å². The topological polar surface area (TPSA) is 73.6 Å². The fraction of sp³-hybridized carbons (Fsp3) is 0.150. The second-order valence-electron chi connectivity index (χ2n) is 5.41. The number of ether oxygens (including phenoxy) is 2. The first-order valence-corrected chi connectivity index (χ1v) is 9.87. The van der Waals surface area contributed by atoms with Crippen molar-refractivity contribution in [2.75, 3.05) is 13.7 Å². The molecule has 0 saturated carbocycles. The van der Waals surface area contributed by atoms with Gasteiger partial charge in [0.1, 0.15) is 6.61 Å². The number of hydrogen-bond donors (Lipinski definition) is 2. The number of carbonyl (C=O) groups excluding carboxylic acids is 1. The van der Waals surface area contributed by atoms with Crippen LogP contribution in [-0.4, -0.2) is 19.6 Å². The fourth-order valence-corrected chi connectivity index (χ4v) is 3.58. The highest BCUT2D eigenvalue weighted by molar-refractivity contribution is 9.10. The third-order valence-electron chi connectivity index (χ3n) is 3.48. The molecule has 0 fully saturated rings. The minimum absolute atomic E-state index is 0.346. The molecule has 0 bridgehead atoms. The third kappa shape index (κ3) is 6.46. The lowest BCUT2D eigenvalue weighted by Crippen LogP contribution is -2.30. The maximum atomic E-state index is 12.2. The van der Waals surface area contributed by atoms with Gasteiger partial charge >= 0.3 is 0 Å². The van der Waals surface area contributed by atoms with Gasteiger partial charge < -0.3 is 9.47 Å². The van der Waals surface area contributed by atoms with Gasteiger partial charge in [-0.3, -0.25) is 10.2 Å². The number of carbonyl (C=O) groups is 1. The SMILES string of the molecule is C=CCOc1ccc(C=C(SCc2cccc(Br)c2)C(=O)NN)cc1OC. The van der Waals surface area contributed by atoms with Gasteiger partial charge in [0.05, 0.1) is 12.0 Å². The number of nitrogens with one attached hydrogen (secondary N) is 1. The molecule has 0 aliphatic heterocycles. The zero-order valence-electron chi connectivity index (χ0n) is 14.9. The first-order chi connectivity index (χ1) is 13.1. The molecule has 0 atom stereocenters. The number of hydrazine groups is 1. The van der Waals surface area contributed by atoms with E-state index in [9.17, 15) is 4.79 Å². The molecule has 5 nitrogen and oxygen atoms in total. The molecule has 27 heavy (non-hydrogen) atoms. The Hall–Kier alpha value is -2.22. The van der Waals surface area contributed by atoms with Gasteiger partial charge in [-0.2, -0.15) is 0 Å². The zero-order valence-corrected chi connectivity index (χ0v) is 17.3. The summed E-state index contributed by atoms with van der Waals surface area (Å²) in [5.74, 6) is 6.82. The number of nitrogens with two attached hydrogens (primary N) is 1. The van der Waals surface area contributed by atoms with Crippen molar-refractivity contribution >= 4 is 39.7 Å². The minimum Gasteiger partial charge on any atom is -0.493 e. The van der Waals surface area contributed by atoms with Crippen molar-refractivity contribution in [3.05, 3.63) is 75.6 Å². The molecule has 0 aliphatic carbocycles. The molecule has 7 heteroatoms. The van der Waals surface area contributed by atoms with E-state index in [0.29, 0.717) is 28.8 Å². The quantitative estimate of drug-likeness (QED) is 0.197. The standard InChI is InChI=1S/C20H21BrN2O3S/c1-3-9-26-17-8-7-14(11-18(17)25-2)12-19(20(24)23-22)27-13-15-5-4-6-16(21)10-15/h3-8,10-12H,1,9,13,22H2,2H3,(H,23,24). The highest BCUT2D eigenvalue weighted by Crippen LogP contribution is 2.31. The average molecular weight is 449 g/mol. The summed E-state index contributed by atoms with van der Waals surface area (Å²) in [4.78, 5) is 12.7. The van der Waals surface area contributed by atoms with E-state index in [2.05, 4.69) is 27.9 Å². The van der Waals surface area contributed by atoms with Gasteiger partial charge in [0.25, 0.3) is 5.91 Å². The number of methoxy groups -OCH3 is 1. The number of rotatable bonds is 9. The van der Waals surface area contributed by atoms with Gasteiger partial charge in [-0.05, 0) is 41.5 Å². The van der Waals surface area contributed by atoms with E-state index in [1.807, 2.05) is 36.4 Å².